The minimum absolute atomic E-state index is 0.0988. The quantitative estimate of drug-likeness (QED) is 0.653. The number of aliphatic hydroxyl groups is 1. The summed E-state index contributed by atoms with van der Waals surface area (Å²) in [5.74, 6) is 0. The van der Waals surface area contributed by atoms with E-state index in [0.29, 0.717) is 0 Å². The molecule has 0 aromatic carbocycles. The molecular weight excluding hydrogens is 206 g/mol. The first kappa shape index (κ1) is 12.5. The molecule has 0 fully saturated rings. The Kier molecular flexibility index (Phi) is 12.3. The molecule has 0 atom stereocenters. The number of aliphatic hydroxyl groups excluding tert-OH is 1. The zero-order valence-corrected chi connectivity index (χ0v) is 7.69. The maximum atomic E-state index is 7.57. The maximum Gasteiger partial charge on any atom is 0.136 e. The minimum Gasteiger partial charge on any atom is -0.397 e. The Balaban J connectivity index is 0. The molecule has 0 bridgehead atoms. The first-order valence-corrected chi connectivity index (χ1v) is 3.54. The molecule has 0 saturated heterocycles. The van der Waals surface area contributed by atoms with Crippen LogP contribution in [0.1, 0.15) is 6.92 Å². The molecule has 0 rings (SSSR count). The molecule has 0 heterocycles. The number of halogens is 4. The molecule has 0 unspecified atom stereocenters. The SMILES string of the molecule is CCO.ClC(Cl)=C(Cl)Cl. The molecule has 0 spiro atoms. The van der Waals surface area contributed by atoms with E-state index in [9.17, 15) is 0 Å². The Bertz CT molecular complexity index is 72.6. The van der Waals surface area contributed by atoms with E-state index in [0.717, 1.165) is 0 Å². The van der Waals surface area contributed by atoms with E-state index in [1.54, 1.807) is 6.92 Å². The lowest BCUT2D eigenvalue weighted by atomic mass is 10.9. The van der Waals surface area contributed by atoms with Crippen molar-refractivity contribution in [1.29, 1.82) is 0 Å². The van der Waals surface area contributed by atoms with Gasteiger partial charge in [0.25, 0.3) is 0 Å². The third-order valence-electron chi connectivity index (χ3n) is 0.143. The van der Waals surface area contributed by atoms with Crippen LogP contribution in [0.15, 0.2) is 8.98 Å². The largest absolute Gasteiger partial charge is 0.397 e. The van der Waals surface area contributed by atoms with Crippen LogP contribution in [0.2, 0.25) is 0 Å². The standard InChI is InChI=1S/C2Cl4.C2H6O/c3-1(4)2(5)6;1-2-3/h;3H,2H2,1H3. The molecule has 56 valence electrons. The maximum absolute atomic E-state index is 7.57. The Morgan fingerprint density at radius 2 is 1.22 bits per heavy atom. The van der Waals surface area contributed by atoms with Crippen molar-refractivity contribution in [3.63, 3.8) is 0 Å². The summed E-state index contributed by atoms with van der Waals surface area (Å²) in [5, 5.41) is 7.57. The van der Waals surface area contributed by atoms with Crippen LogP contribution in [0.3, 0.4) is 0 Å². The molecule has 0 aliphatic heterocycles. The van der Waals surface area contributed by atoms with Crippen molar-refractivity contribution in [1.82, 2.24) is 0 Å². The lowest BCUT2D eigenvalue weighted by Gasteiger charge is -1.75. The van der Waals surface area contributed by atoms with Crippen LogP contribution in [0.4, 0.5) is 0 Å². The fraction of sp³-hybridized carbons (Fsp3) is 0.500. The van der Waals surface area contributed by atoms with Crippen LogP contribution in [0.25, 0.3) is 0 Å². The van der Waals surface area contributed by atoms with Gasteiger partial charge in [0.2, 0.25) is 0 Å². The van der Waals surface area contributed by atoms with E-state index in [-0.39, 0.29) is 15.6 Å². The van der Waals surface area contributed by atoms with E-state index in [1.165, 1.54) is 0 Å². The highest BCUT2D eigenvalue weighted by Crippen LogP contribution is 2.20. The van der Waals surface area contributed by atoms with Gasteiger partial charge in [-0.2, -0.15) is 0 Å². The second kappa shape index (κ2) is 8.86. The van der Waals surface area contributed by atoms with Crippen molar-refractivity contribution in [2.75, 3.05) is 6.61 Å². The Labute approximate surface area is 74.2 Å². The van der Waals surface area contributed by atoms with Crippen molar-refractivity contribution in [2.24, 2.45) is 0 Å². The van der Waals surface area contributed by atoms with Gasteiger partial charge >= 0.3 is 0 Å². The lowest BCUT2D eigenvalue weighted by Crippen LogP contribution is -1.57. The minimum atomic E-state index is -0.0988. The second-order valence-electron chi connectivity index (χ2n) is 0.837. The van der Waals surface area contributed by atoms with Gasteiger partial charge in [0, 0.05) is 6.61 Å². The number of hydrogen-bond acceptors (Lipinski definition) is 1. The van der Waals surface area contributed by atoms with Crippen molar-refractivity contribution in [3.8, 4) is 0 Å². The summed E-state index contributed by atoms with van der Waals surface area (Å²) in [7, 11) is 0. The first-order valence-electron chi connectivity index (χ1n) is 2.03. The van der Waals surface area contributed by atoms with Crippen molar-refractivity contribution >= 4 is 46.4 Å². The van der Waals surface area contributed by atoms with Gasteiger partial charge in [-0.25, -0.2) is 0 Å². The first-order chi connectivity index (χ1) is 4.06. The molecule has 1 N–H and O–H groups in total. The van der Waals surface area contributed by atoms with Gasteiger partial charge in [-0.15, -0.1) is 0 Å². The van der Waals surface area contributed by atoms with Gasteiger partial charge in [0.1, 0.15) is 8.98 Å². The van der Waals surface area contributed by atoms with Gasteiger partial charge in [-0.1, -0.05) is 46.4 Å². The molecular formula is C4H6Cl4O. The summed E-state index contributed by atoms with van der Waals surface area (Å²) in [6, 6.07) is 0. The highest BCUT2D eigenvalue weighted by atomic mass is 35.5. The van der Waals surface area contributed by atoms with Crippen LogP contribution < -0.4 is 0 Å². The highest BCUT2D eigenvalue weighted by molar-refractivity contribution is 6.67. The summed E-state index contributed by atoms with van der Waals surface area (Å²) < 4.78 is -0.198. The Morgan fingerprint density at radius 3 is 1.22 bits per heavy atom. The molecule has 0 aliphatic carbocycles. The fourth-order valence-electron chi connectivity index (χ4n) is 0. The van der Waals surface area contributed by atoms with Gasteiger partial charge < -0.3 is 5.11 Å². The lowest BCUT2D eigenvalue weighted by molar-refractivity contribution is 0.318. The van der Waals surface area contributed by atoms with E-state index >= 15 is 0 Å². The normalized spacial score (nSPS) is 7.33. The molecule has 0 radical (unpaired) electrons. The van der Waals surface area contributed by atoms with Crippen LogP contribution in [-0.2, 0) is 0 Å². The third-order valence-corrected chi connectivity index (χ3v) is 1.29. The topological polar surface area (TPSA) is 20.2 Å². The van der Waals surface area contributed by atoms with E-state index < -0.39 is 0 Å². The molecule has 1 nitrogen and oxygen atoms in total. The summed E-state index contributed by atoms with van der Waals surface area (Å²) in [6.07, 6.45) is 0. The van der Waals surface area contributed by atoms with E-state index in [1.807, 2.05) is 0 Å². The van der Waals surface area contributed by atoms with Crippen LogP contribution >= 0.6 is 46.4 Å². The van der Waals surface area contributed by atoms with Crippen molar-refractivity contribution < 1.29 is 5.11 Å². The summed E-state index contributed by atoms with van der Waals surface area (Å²) in [6.45, 7) is 1.93. The third kappa shape index (κ3) is 17.7. The van der Waals surface area contributed by atoms with E-state index in [4.69, 9.17) is 51.5 Å². The molecule has 0 aliphatic rings. The number of rotatable bonds is 0. The summed E-state index contributed by atoms with van der Waals surface area (Å²) in [4.78, 5) is 0. The van der Waals surface area contributed by atoms with Crippen molar-refractivity contribution in [2.45, 2.75) is 6.92 Å². The van der Waals surface area contributed by atoms with E-state index in [2.05, 4.69) is 0 Å². The average Bonchev–Trinajstić information content (AvgIpc) is 1.68. The molecule has 0 saturated carbocycles. The Morgan fingerprint density at radius 1 is 1.11 bits per heavy atom. The molecule has 0 amide bonds. The zero-order chi connectivity index (χ0) is 7.86. The average molecular weight is 212 g/mol. The Hall–Kier alpha value is 0.860. The number of hydrogen-bond donors (Lipinski definition) is 1. The second-order valence-corrected chi connectivity index (χ2v) is 2.74. The highest BCUT2D eigenvalue weighted by Gasteiger charge is 1.88. The van der Waals surface area contributed by atoms with Gasteiger partial charge in [-0.05, 0) is 6.92 Å². The van der Waals surface area contributed by atoms with Gasteiger partial charge in [0.15, 0.2) is 0 Å². The predicted octanol–water partition coefficient (Wildman–Crippen LogP) is 3.07. The van der Waals surface area contributed by atoms with Crippen LogP contribution in [0.5, 0.6) is 0 Å². The van der Waals surface area contributed by atoms with Crippen LogP contribution in [-0.4, -0.2) is 11.7 Å². The molecule has 0 aromatic heterocycles. The smallest absolute Gasteiger partial charge is 0.136 e. The fourth-order valence-corrected chi connectivity index (χ4v) is 0. The molecule has 0 aromatic rings. The van der Waals surface area contributed by atoms with Gasteiger partial charge in [0.05, 0.1) is 0 Å². The predicted molar refractivity (Wildman–Crippen MR) is 43.2 cm³/mol. The van der Waals surface area contributed by atoms with Gasteiger partial charge in [-0.3, -0.25) is 0 Å². The summed E-state index contributed by atoms with van der Waals surface area (Å²) in [5.41, 5.74) is 0. The monoisotopic (exact) mass is 210 g/mol. The molecule has 5 heteroatoms. The molecule has 9 heavy (non-hydrogen) atoms. The van der Waals surface area contributed by atoms with Crippen LogP contribution in [0, 0.1) is 0 Å². The van der Waals surface area contributed by atoms with Crippen molar-refractivity contribution in [3.05, 3.63) is 8.98 Å². The zero-order valence-electron chi connectivity index (χ0n) is 4.67. The summed E-state index contributed by atoms with van der Waals surface area (Å²) >= 11 is 20.0.